The molecule has 0 fully saturated rings. The molecule has 0 aliphatic heterocycles. The lowest BCUT2D eigenvalue weighted by Gasteiger charge is -2.25. The molecule has 4 atom stereocenters. The smallest absolute Gasteiger partial charge is 0.326 e. The van der Waals surface area contributed by atoms with Gasteiger partial charge in [0.05, 0.1) is 6.04 Å². The Bertz CT molecular complexity index is 712. The van der Waals surface area contributed by atoms with Gasteiger partial charge in [0.1, 0.15) is 18.1 Å². The van der Waals surface area contributed by atoms with Gasteiger partial charge in [0.25, 0.3) is 0 Å². The molecule has 0 aromatic carbocycles. The molecule has 0 heterocycles. The molecule has 12 N–H and O–H groups in total. The molecule has 14 heteroatoms. The van der Waals surface area contributed by atoms with Crippen molar-refractivity contribution in [3.05, 3.63) is 0 Å². The van der Waals surface area contributed by atoms with E-state index in [1.165, 1.54) is 11.8 Å². The summed E-state index contributed by atoms with van der Waals surface area (Å²) in [6.07, 6.45) is 4.88. The molecule has 208 valence electrons. The zero-order valence-corrected chi connectivity index (χ0v) is 21.8. The summed E-state index contributed by atoms with van der Waals surface area (Å²) in [5.74, 6) is -3.23. The van der Waals surface area contributed by atoms with Gasteiger partial charge in [-0.15, -0.1) is 0 Å². The number of hydrogen-bond acceptors (Lipinski definition) is 9. The number of primary amides is 1. The fraction of sp³-hybridized carbons (Fsp3) is 0.773. The highest BCUT2D eigenvalue weighted by molar-refractivity contribution is 7.98. The van der Waals surface area contributed by atoms with E-state index in [9.17, 15) is 29.1 Å². The number of amides is 4. The molecule has 0 rings (SSSR count). The Morgan fingerprint density at radius 2 is 1.25 bits per heavy atom. The van der Waals surface area contributed by atoms with Crippen molar-refractivity contribution in [2.24, 2.45) is 22.9 Å². The number of carbonyl (C=O) groups is 5. The van der Waals surface area contributed by atoms with Gasteiger partial charge < -0.3 is 44.0 Å². The van der Waals surface area contributed by atoms with Crippen LogP contribution in [-0.2, 0) is 24.0 Å². The highest BCUT2D eigenvalue weighted by atomic mass is 32.2. The van der Waals surface area contributed by atoms with Gasteiger partial charge in [-0.3, -0.25) is 19.2 Å². The van der Waals surface area contributed by atoms with Gasteiger partial charge in [0, 0.05) is 6.42 Å². The quantitative estimate of drug-likeness (QED) is 0.0763. The van der Waals surface area contributed by atoms with Crippen molar-refractivity contribution in [3.63, 3.8) is 0 Å². The van der Waals surface area contributed by atoms with Gasteiger partial charge >= 0.3 is 5.97 Å². The van der Waals surface area contributed by atoms with Gasteiger partial charge in [-0.05, 0) is 70.0 Å². The summed E-state index contributed by atoms with van der Waals surface area (Å²) >= 11 is 1.49. The molecule has 0 bridgehead atoms. The van der Waals surface area contributed by atoms with Gasteiger partial charge in [-0.1, -0.05) is 6.42 Å². The first-order valence-corrected chi connectivity index (χ1v) is 13.5. The first kappa shape index (κ1) is 33.6. The van der Waals surface area contributed by atoms with Crippen molar-refractivity contribution >= 4 is 41.4 Å². The van der Waals surface area contributed by atoms with E-state index in [-0.39, 0.29) is 19.3 Å². The van der Waals surface area contributed by atoms with Crippen LogP contribution in [-0.4, -0.2) is 84.0 Å². The lowest BCUT2D eigenvalue weighted by molar-refractivity contribution is -0.142. The van der Waals surface area contributed by atoms with E-state index in [0.29, 0.717) is 50.9 Å². The Hall–Kier alpha value is -2.42. The summed E-state index contributed by atoms with van der Waals surface area (Å²) in [5.41, 5.74) is 22.0. The fourth-order valence-corrected chi connectivity index (χ4v) is 3.74. The fourth-order valence-electron chi connectivity index (χ4n) is 3.27. The predicted octanol–water partition coefficient (Wildman–Crippen LogP) is -1.87. The monoisotopic (exact) mass is 533 g/mol. The molecule has 0 saturated heterocycles. The number of nitrogens with one attached hydrogen (secondary N) is 3. The number of carboxylic acids is 1. The lowest BCUT2D eigenvalue weighted by Crippen LogP contribution is -2.57. The third-order valence-electron chi connectivity index (χ3n) is 5.42. The van der Waals surface area contributed by atoms with E-state index in [1.54, 1.807) is 0 Å². The van der Waals surface area contributed by atoms with Crippen LogP contribution in [0.1, 0.15) is 57.8 Å². The topological polar surface area (TPSA) is 246 Å². The number of thioether (sulfide) groups is 1. The minimum Gasteiger partial charge on any atom is -0.480 e. The van der Waals surface area contributed by atoms with Crippen LogP contribution in [0.3, 0.4) is 0 Å². The molecule has 36 heavy (non-hydrogen) atoms. The third-order valence-corrected chi connectivity index (χ3v) is 6.07. The summed E-state index contributed by atoms with van der Waals surface area (Å²) in [4.78, 5) is 61.1. The average Bonchev–Trinajstić information content (AvgIpc) is 2.82. The molecule has 0 spiro atoms. The number of rotatable bonds is 21. The summed E-state index contributed by atoms with van der Waals surface area (Å²) in [6, 6.07) is -4.14. The van der Waals surface area contributed by atoms with Crippen molar-refractivity contribution in [3.8, 4) is 0 Å². The maximum atomic E-state index is 13.1. The first-order valence-electron chi connectivity index (χ1n) is 12.1. The van der Waals surface area contributed by atoms with Gasteiger partial charge in [-0.25, -0.2) is 4.79 Å². The van der Waals surface area contributed by atoms with Crippen molar-refractivity contribution in [2.45, 2.75) is 82.0 Å². The Morgan fingerprint density at radius 3 is 1.75 bits per heavy atom. The number of aliphatic carboxylic acids is 1. The lowest BCUT2D eigenvalue weighted by atomic mass is 10.1. The van der Waals surface area contributed by atoms with Gasteiger partial charge in [0.15, 0.2) is 0 Å². The largest absolute Gasteiger partial charge is 0.480 e. The van der Waals surface area contributed by atoms with E-state index in [1.807, 2.05) is 6.26 Å². The molecule has 0 radical (unpaired) electrons. The molecule has 0 aliphatic carbocycles. The molecule has 0 aromatic rings. The van der Waals surface area contributed by atoms with E-state index < -0.39 is 53.8 Å². The zero-order chi connectivity index (χ0) is 27.5. The van der Waals surface area contributed by atoms with Crippen molar-refractivity contribution in [2.75, 3.05) is 25.1 Å². The number of unbranched alkanes of at least 4 members (excludes halogenated alkanes) is 2. The first-order chi connectivity index (χ1) is 17.1. The Morgan fingerprint density at radius 1 is 0.750 bits per heavy atom. The molecular weight excluding hydrogens is 490 g/mol. The summed E-state index contributed by atoms with van der Waals surface area (Å²) in [6.45, 7) is 0.874. The molecule has 4 unspecified atom stereocenters. The molecule has 0 aliphatic rings. The van der Waals surface area contributed by atoms with Gasteiger partial charge in [-0.2, -0.15) is 11.8 Å². The van der Waals surface area contributed by atoms with E-state index >= 15 is 0 Å². The van der Waals surface area contributed by atoms with E-state index in [2.05, 4.69) is 16.0 Å². The minimum atomic E-state index is -1.35. The number of carbonyl (C=O) groups excluding carboxylic acids is 4. The molecule has 13 nitrogen and oxygen atoms in total. The SMILES string of the molecule is CSCCC(NC(=O)C(N)CCCCN)C(=O)NC(CCCCN)C(=O)NC(CCC(N)=O)C(=O)O. The van der Waals surface area contributed by atoms with E-state index in [4.69, 9.17) is 22.9 Å². The number of hydrogen-bond donors (Lipinski definition) is 8. The Balaban J connectivity index is 5.42. The second-order valence-electron chi connectivity index (χ2n) is 8.48. The van der Waals surface area contributed by atoms with Crippen LogP contribution in [0.5, 0.6) is 0 Å². The molecular formula is C22H43N7O6S. The standard InChI is InChI=1S/C22H43N7O6S/c1-36-13-10-16(27-19(31)14(25)6-2-4-11-23)21(33)28-15(7-3-5-12-24)20(32)29-17(22(34)35)8-9-18(26)30/h14-17H,2-13,23-25H2,1H3,(H2,26,30)(H,27,31)(H,28,33)(H,29,32)(H,34,35). The van der Waals surface area contributed by atoms with Crippen molar-refractivity contribution < 1.29 is 29.1 Å². The Labute approximate surface area is 216 Å². The summed E-state index contributed by atoms with van der Waals surface area (Å²) < 4.78 is 0. The number of nitrogens with two attached hydrogens (primary N) is 4. The van der Waals surface area contributed by atoms with Crippen LogP contribution in [0.4, 0.5) is 0 Å². The van der Waals surface area contributed by atoms with Crippen molar-refractivity contribution in [1.82, 2.24) is 16.0 Å². The number of carboxylic acid groups (broad SMARTS) is 1. The third kappa shape index (κ3) is 14.9. The van der Waals surface area contributed by atoms with E-state index in [0.717, 1.165) is 6.42 Å². The zero-order valence-electron chi connectivity index (χ0n) is 21.0. The normalized spacial score (nSPS) is 14.2. The van der Waals surface area contributed by atoms with Crippen LogP contribution in [0.15, 0.2) is 0 Å². The predicted molar refractivity (Wildman–Crippen MR) is 139 cm³/mol. The molecule has 4 amide bonds. The second-order valence-corrected chi connectivity index (χ2v) is 9.47. The van der Waals surface area contributed by atoms with Crippen LogP contribution in [0.2, 0.25) is 0 Å². The van der Waals surface area contributed by atoms with Crippen LogP contribution >= 0.6 is 11.8 Å². The second kappa shape index (κ2) is 19.7. The van der Waals surface area contributed by atoms with Crippen LogP contribution in [0, 0.1) is 0 Å². The minimum absolute atomic E-state index is 0.186. The van der Waals surface area contributed by atoms with Gasteiger partial charge in [0.2, 0.25) is 23.6 Å². The highest BCUT2D eigenvalue weighted by Gasteiger charge is 2.30. The maximum Gasteiger partial charge on any atom is 0.326 e. The Kier molecular flexibility index (Phi) is 18.4. The van der Waals surface area contributed by atoms with Crippen LogP contribution < -0.4 is 38.9 Å². The highest BCUT2D eigenvalue weighted by Crippen LogP contribution is 2.08. The summed E-state index contributed by atoms with van der Waals surface area (Å²) in [5, 5.41) is 17.0. The average molecular weight is 534 g/mol. The molecule has 0 saturated carbocycles. The summed E-state index contributed by atoms with van der Waals surface area (Å²) in [7, 11) is 0. The van der Waals surface area contributed by atoms with Crippen LogP contribution in [0.25, 0.3) is 0 Å². The van der Waals surface area contributed by atoms with Crippen molar-refractivity contribution in [1.29, 1.82) is 0 Å². The molecule has 0 aromatic heterocycles. The maximum absolute atomic E-state index is 13.1.